The van der Waals surface area contributed by atoms with Gasteiger partial charge in [0.25, 0.3) is 5.91 Å². The average Bonchev–Trinajstić information content (AvgIpc) is 3.21. The van der Waals surface area contributed by atoms with Crippen LogP contribution in [0.3, 0.4) is 0 Å². The number of aryl methyl sites for hydroxylation is 1. The Bertz CT molecular complexity index is 1160. The van der Waals surface area contributed by atoms with Gasteiger partial charge in [0.05, 0.1) is 41.5 Å². The fraction of sp³-hybridized carbons (Fsp3) is 0.536. The minimum Gasteiger partial charge on any atom is -0.465 e. The number of amides is 2. The highest BCUT2D eigenvalue weighted by atomic mass is 35.5. The number of cyclic esters (lactones) is 1. The first-order valence-corrected chi connectivity index (χ1v) is 13.3. The van der Waals surface area contributed by atoms with Crippen molar-refractivity contribution in [3.63, 3.8) is 0 Å². The van der Waals surface area contributed by atoms with E-state index < -0.39 is 41.1 Å². The molecule has 0 saturated carbocycles. The number of allylic oxidation sites excluding steroid dienone is 1. The Morgan fingerprint density at radius 3 is 2.65 bits per heavy atom. The highest BCUT2D eigenvalue weighted by Gasteiger charge is 2.75. The Morgan fingerprint density at radius 1 is 1.16 bits per heavy atom. The van der Waals surface area contributed by atoms with Crippen molar-refractivity contribution in [1.82, 2.24) is 4.90 Å². The summed E-state index contributed by atoms with van der Waals surface area (Å²) in [5, 5.41) is 10.7. The number of hydrogen-bond donors (Lipinski definition) is 1. The lowest BCUT2D eigenvalue weighted by molar-refractivity contribution is -0.159. The number of halogens is 1. The highest BCUT2D eigenvalue weighted by molar-refractivity contribution is 6.34. The Labute approximate surface area is 221 Å². The van der Waals surface area contributed by atoms with Gasteiger partial charge in [-0.3, -0.25) is 14.4 Å². The number of carbonyl (C=O) groups is 3. The molecular formula is C28H33ClN2O6. The van der Waals surface area contributed by atoms with Crippen LogP contribution in [-0.2, 0) is 23.9 Å². The van der Waals surface area contributed by atoms with Crippen molar-refractivity contribution < 1.29 is 29.0 Å². The van der Waals surface area contributed by atoms with Crippen LogP contribution in [0, 0.1) is 18.8 Å². The first-order chi connectivity index (χ1) is 17.7. The summed E-state index contributed by atoms with van der Waals surface area (Å²) in [5.74, 6) is -3.18. The number of benzene rings is 1. The third-order valence-electron chi connectivity index (χ3n) is 8.22. The first-order valence-electron chi connectivity index (χ1n) is 12.9. The van der Waals surface area contributed by atoms with Gasteiger partial charge in [0, 0.05) is 6.54 Å². The van der Waals surface area contributed by atoms with Crippen LogP contribution in [0.1, 0.15) is 38.7 Å². The largest absolute Gasteiger partial charge is 0.465 e. The molecule has 2 saturated heterocycles. The minimum atomic E-state index is -1.41. The van der Waals surface area contributed by atoms with E-state index in [1.807, 2.05) is 44.2 Å². The van der Waals surface area contributed by atoms with E-state index in [2.05, 4.69) is 0 Å². The van der Waals surface area contributed by atoms with Gasteiger partial charge in [0.2, 0.25) is 5.91 Å². The summed E-state index contributed by atoms with van der Waals surface area (Å²) in [6.07, 6.45) is 9.19. The molecule has 2 fully saturated rings. The zero-order chi connectivity index (χ0) is 26.5. The molecule has 1 aromatic carbocycles. The van der Waals surface area contributed by atoms with Gasteiger partial charge in [-0.15, -0.1) is 0 Å². The molecule has 1 aromatic rings. The third-order valence-corrected chi connectivity index (χ3v) is 8.53. The van der Waals surface area contributed by atoms with E-state index >= 15 is 0 Å². The Morgan fingerprint density at radius 2 is 1.95 bits per heavy atom. The van der Waals surface area contributed by atoms with E-state index in [1.165, 1.54) is 4.90 Å². The molecule has 4 heterocycles. The van der Waals surface area contributed by atoms with Gasteiger partial charge in [0.1, 0.15) is 17.6 Å². The van der Waals surface area contributed by atoms with Crippen molar-refractivity contribution >= 4 is 35.1 Å². The second-order valence-corrected chi connectivity index (χ2v) is 10.9. The van der Waals surface area contributed by atoms with Crippen LogP contribution in [0.25, 0.3) is 0 Å². The number of nitrogens with zero attached hydrogens (tertiary/aromatic N) is 2. The van der Waals surface area contributed by atoms with Gasteiger partial charge >= 0.3 is 5.97 Å². The third kappa shape index (κ3) is 3.83. The molecule has 37 heavy (non-hydrogen) atoms. The van der Waals surface area contributed by atoms with Crippen LogP contribution in [0.4, 0.5) is 5.69 Å². The topological polar surface area (TPSA) is 96.4 Å². The lowest BCUT2D eigenvalue weighted by atomic mass is 9.74. The van der Waals surface area contributed by atoms with Gasteiger partial charge < -0.3 is 24.4 Å². The molecular weight excluding hydrogens is 496 g/mol. The first kappa shape index (κ1) is 25.9. The fourth-order valence-electron chi connectivity index (χ4n) is 6.55. The quantitative estimate of drug-likeness (QED) is 0.476. The maximum Gasteiger partial charge on any atom is 0.313 e. The molecule has 0 radical (unpaired) electrons. The summed E-state index contributed by atoms with van der Waals surface area (Å²) in [7, 11) is 0. The molecule has 4 aliphatic rings. The van der Waals surface area contributed by atoms with Gasteiger partial charge in [-0.25, -0.2) is 0 Å². The summed E-state index contributed by atoms with van der Waals surface area (Å²) < 4.78 is 12.4. The second kappa shape index (κ2) is 9.57. The van der Waals surface area contributed by atoms with Crippen molar-refractivity contribution in [2.75, 3.05) is 24.7 Å². The van der Waals surface area contributed by atoms with Crippen molar-refractivity contribution in [3.05, 3.63) is 53.1 Å². The molecule has 198 valence electrons. The van der Waals surface area contributed by atoms with Crippen LogP contribution in [0.5, 0.6) is 0 Å². The molecule has 1 spiro atoms. The highest BCUT2D eigenvalue weighted by Crippen LogP contribution is 2.57. The number of aliphatic hydroxyl groups is 1. The number of ether oxygens (including phenoxy) is 2. The molecule has 5 rings (SSSR count). The van der Waals surface area contributed by atoms with Crippen LogP contribution in [-0.4, -0.2) is 70.8 Å². The van der Waals surface area contributed by atoms with Crippen LogP contribution < -0.4 is 4.90 Å². The maximum atomic E-state index is 14.5. The van der Waals surface area contributed by atoms with E-state index in [-0.39, 0.29) is 31.6 Å². The predicted molar refractivity (Wildman–Crippen MR) is 138 cm³/mol. The zero-order valence-electron chi connectivity index (χ0n) is 21.4. The molecule has 9 heteroatoms. The van der Waals surface area contributed by atoms with E-state index in [0.717, 1.165) is 5.56 Å². The molecule has 0 aromatic heterocycles. The van der Waals surface area contributed by atoms with E-state index in [1.54, 1.807) is 24.0 Å². The molecule has 8 nitrogen and oxygen atoms in total. The van der Waals surface area contributed by atoms with Gasteiger partial charge in [-0.2, -0.15) is 0 Å². The van der Waals surface area contributed by atoms with Crippen molar-refractivity contribution in [2.24, 2.45) is 11.8 Å². The van der Waals surface area contributed by atoms with Gasteiger partial charge in [-0.1, -0.05) is 55.0 Å². The molecule has 0 aliphatic carbocycles. The predicted octanol–water partition coefficient (Wildman–Crippen LogP) is 3.19. The van der Waals surface area contributed by atoms with E-state index in [4.69, 9.17) is 21.1 Å². The molecule has 0 bridgehead atoms. The number of para-hydroxylation sites is 1. The van der Waals surface area contributed by atoms with Crippen LogP contribution in [0.15, 0.2) is 42.5 Å². The Balaban J connectivity index is 1.70. The second-order valence-electron chi connectivity index (χ2n) is 10.5. The van der Waals surface area contributed by atoms with Crippen LogP contribution in [0.2, 0.25) is 5.02 Å². The zero-order valence-corrected chi connectivity index (χ0v) is 22.1. The summed E-state index contributed by atoms with van der Waals surface area (Å²) in [6.45, 7) is 5.65. The van der Waals surface area contributed by atoms with Crippen molar-refractivity contribution in [3.8, 4) is 0 Å². The molecule has 6 atom stereocenters. The summed E-state index contributed by atoms with van der Waals surface area (Å²) in [4.78, 5) is 45.2. The lowest BCUT2D eigenvalue weighted by Gasteiger charge is -2.40. The van der Waals surface area contributed by atoms with Crippen LogP contribution >= 0.6 is 11.6 Å². The SMILES string of the molecule is CC[C@@H](CO)N1C(=O)[C@@H]2[C@@H]3C(=O)OCCC/C=C\[C@]3(C)O[C@@]23C=CCN(c2c(C)cccc2Cl)C(=O)C13. The normalized spacial score (nSPS) is 35.1. The lowest BCUT2D eigenvalue weighted by Crippen LogP contribution is -2.59. The smallest absolute Gasteiger partial charge is 0.313 e. The van der Waals surface area contributed by atoms with Gasteiger partial charge in [-0.05, 0) is 44.7 Å². The van der Waals surface area contributed by atoms with Crippen molar-refractivity contribution in [1.29, 1.82) is 0 Å². The monoisotopic (exact) mass is 528 g/mol. The number of anilines is 1. The maximum absolute atomic E-state index is 14.5. The molecule has 1 N–H and O–H groups in total. The number of fused-ring (bicyclic) bond motifs is 2. The van der Waals surface area contributed by atoms with E-state index in [0.29, 0.717) is 30.0 Å². The number of aliphatic hydroxyl groups excluding tert-OH is 1. The number of esters is 1. The molecule has 4 aliphatic heterocycles. The molecule has 2 amide bonds. The Kier molecular flexibility index (Phi) is 6.71. The molecule has 1 unspecified atom stereocenters. The number of hydrogen-bond acceptors (Lipinski definition) is 6. The fourth-order valence-corrected chi connectivity index (χ4v) is 6.87. The summed E-state index contributed by atoms with van der Waals surface area (Å²) in [6, 6.07) is 3.70. The average molecular weight is 529 g/mol. The summed E-state index contributed by atoms with van der Waals surface area (Å²) >= 11 is 6.57. The van der Waals surface area contributed by atoms with E-state index in [9.17, 15) is 19.5 Å². The summed E-state index contributed by atoms with van der Waals surface area (Å²) in [5.41, 5.74) is -1.18. The standard InChI is InChI=1S/C28H33ClN2O6/c1-4-18(16-32)31-23-25(34)30(22-17(2)10-8-11-19(22)29)14-9-13-28(23)20(24(31)33)21-26(35)36-15-7-5-6-12-27(21,3)37-28/h6,8-13,18,20-21,23,32H,4-5,7,14-16H2,1-3H3/b12-6-/t18-,20-,21+,23?,27-,28-/m0/s1. The van der Waals surface area contributed by atoms with Gasteiger partial charge in [0.15, 0.2) is 0 Å². The minimum absolute atomic E-state index is 0.220. The Hall–Kier alpha value is -2.68. The number of rotatable bonds is 4. The number of carbonyl (C=O) groups excluding carboxylic acids is 3. The number of likely N-dealkylation sites (tertiary alicyclic amines) is 1. The van der Waals surface area contributed by atoms with Crippen molar-refractivity contribution in [2.45, 2.75) is 63.3 Å².